The second kappa shape index (κ2) is 7.53. The molecule has 1 aromatic carbocycles. The average molecular weight is 345 g/mol. The third kappa shape index (κ3) is 4.77. The van der Waals surface area contributed by atoms with E-state index in [9.17, 15) is 4.79 Å². The summed E-state index contributed by atoms with van der Waals surface area (Å²) >= 11 is 11.9. The summed E-state index contributed by atoms with van der Waals surface area (Å²) in [5.41, 5.74) is 0.151. The van der Waals surface area contributed by atoms with E-state index in [2.05, 4.69) is 17.6 Å². The fourth-order valence-corrected chi connectivity index (χ4v) is 2.92. The van der Waals surface area contributed by atoms with Gasteiger partial charge in [-0.05, 0) is 56.5 Å². The molecule has 0 bridgehead atoms. The summed E-state index contributed by atoms with van der Waals surface area (Å²) in [6.07, 6.45) is 1.51. The van der Waals surface area contributed by atoms with Crippen molar-refractivity contribution in [3.8, 4) is 5.75 Å². The number of piperidine rings is 1. The molecule has 2 rings (SSSR count). The van der Waals surface area contributed by atoms with Crippen LogP contribution in [0.25, 0.3) is 0 Å². The maximum atomic E-state index is 12.2. The lowest BCUT2D eigenvalue weighted by atomic mass is 9.81. The minimum absolute atomic E-state index is 0.134. The lowest BCUT2D eigenvalue weighted by Gasteiger charge is -2.34. The average Bonchev–Trinajstić information content (AvgIpc) is 2.48. The lowest BCUT2D eigenvalue weighted by Crippen LogP contribution is -2.45. The van der Waals surface area contributed by atoms with Gasteiger partial charge in [-0.1, -0.05) is 30.1 Å². The Morgan fingerprint density at radius 1 is 1.41 bits per heavy atom. The largest absolute Gasteiger partial charge is 0.479 e. The zero-order chi connectivity index (χ0) is 16.2. The number of carbonyl (C=O) groups excluding carboxylic acids is 1. The topological polar surface area (TPSA) is 50.4 Å². The number of ether oxygens (including phenoxy) is 1. The summed E-state index contributed by atoms with van der Waals surface area (Å²) < 4.78 is 5.62. The summed E-state index contributed by atoms with van der Waals surface area (Å²) in [6, 6.07) is 4.95. The molecule has 2 N–H and O–H groups in total. The monoisotopic (exact) mass is 344 g/mol. The van der Waals surface area contributed by atoms with Gasteiger partial charge in [0, 0.05) is 11.6 Å². The number of rotatable bonds is 5. The first kappa shape index (κ1) is 17.4. The number of nitrogens with one attached hydrogen (secondary N) is 2. The van der Waals surface area contributed by atoms with Crippen LogP contribution in [0.4, 0.5) is 0 Å². The molecule has 1 fully saturated rings. The molecule has 1 heterocycles. The first-order valence-corrected chi connectivity index (χ1v) is 8.25. The molecule has 1 aliphatic heterocycles. The zero-order valence-corrected chi connectivity index (χ0v) is 14.4. The molecule has 122 valence electrons. The van der Waals surface area contributed by atoms with Crippen LogP contribution in [0.3, 0.4) is 0 Å². The zero-order valence-electron chi connectivity index (χ0n) is 12.9. The van der Waals surface area contributed by atoms with Crippen molar-refractivity contribution in [3.63, 3.8) is 0 Å². The van der Waals surface area contributed by atoms with Gasteiger partial charge in [0.15, 0.2) is 6.10 Å². The molecule has 1 atom stereocenters. The molecule has 0 aliphatic carbocycles. The minimum atomic E-state index is -0.607. The van der Waals surface area contributed by atoms with Crippen molar-refractivity contribution in [2.24, 2.45) is 5.41 Å². The van der Waals surface area contributed by atoms with Gasteiger partial charge in [0.25, 0.3) is 5.91 Å². The maximum Gasteiger partial charge on any atom is 0.260 e. The highest BCUT2D eigenvalue weighted by Gasteiger charge is 2.28. The Balaban J connectivity index is 1.86. The van der Waals surface area contributed by atoms with E-state index in [1.807, 2.05) is 0 Å². The van der Waals surface area contributed by atoms with Crippen LogP contribution in [0.15, 0.2) is 18.2 Å². The van der Waals surface area contributed by atoms with Gasteiger partial charge < -0.3 is 15.4 Å². The molecule has 0 spiro atoms. The van der Waals surface area contributed by atoms with Gasteiger partial charge in [-0.2, -0.15) is 0 Å². The lowest BCUT2D eigenvalue weighted by molar-refractivity contribution is -0.127. The molecule has 22 heavy (non-hydrogen) atoms. The molecule has 1 aromatic rings. The molecule has 0 radical (unpaired) electrons. The van der Waals surface area contributed by atoms with Crippen LogP contribution in [0, 0.1) is 5.41 Å². The summed E-state index contributed by atoms with van der Waals surface area (Å²) in [6.45, 7) is 6.58. The number of halogens is 2. The SMILES string of the molecule is CC(Oc1ccc(Cl)cc1Cl)C(=O)NCC1(C)CCNCC1. The van der Waals surface area contributed by atoms with E-state index in [0.717, 1.165) is 25.9 Å². The predicted octanol–water partition coefficient (Wildman–Crippen LogP) is 3.27. The second-order valence-electron chi connectivity index (χ2n) is 6.11. The van der Waals surface area contributed by atoms with Gasteiger partial charge in [0.2, 0.25) is 0 Å². The Labute approximate surface area is 141 Å². The van der Waals surface area contributed by atoms with E-state index in [0.29, 0.717) is 22.3 Å². The van der Waals surface area contributed by atoms with Crippen molar-refractivity contribution >= 4 is 29.1 Å². The van der Waals surface area contributed by atoms with Gasteiger partial charge in [0.05, 0.1) is 5.02 Å². The van der Waals surface area contributed by atoms with Crippen LogP contribution in [0.1, 0.15) is 26.7 Å². The standard InChI is InChI=1S/C16H22Cl2N2O2/c1-11(22-14-4-3-12(17)9-13(14)18)15(21)20-10-16(2)5-7-19-8-6-16/h3-4,9,11,19H,5-8,10H2,1-2H3,(H,20,21). The molecule has 1 amide bonds. The number of hydrogen-bond donors (Lipinski definition) is 2. The quantitative estimate of drug-likeness (QED) is 0.861. The van der Waals surface area contributed by atoms with Gasteiger partial charge >= 0.3 is 0 Å². The van der Waals surface area contributed by atoms with Crippen molar-refractivity contribution in [2.75, 3.05) is 19.6 Å². The van der Waals surface area contributed by atoms with Crippen LogP contribution in [-0.4, -0.2) is 31.6 Å². The molecule has 1 aliphatic rings. The van der Waals surface area contributed by atoms with Crippen LogP contribution in [0.5, 0.6) is 5.75 Å². The molecule has 0 saturated carbocycles. The van der Waals surface area contributed by atoms with E-state index in [4.69, 9.17) is 27.9 Å². The highest BCUT2D eigenvalue weighted by Crippen LogP contribution is 2.29. The van der Waals surface area contributed by atoms with Crippen LogP contribution >= 0.6 is 23.2 Å². The van der Waals surface area contributed by atoms with E-state index in [1.165, 1.54) is 0 Å². The van der Waals surface area contributed by atoms with Crippen molar-refractivity contribution in [3.05, 3.63) is 28.2 Å². The Hall–Kier alpha value is -0.970. The second-order valence-corrected chi connectivity index (χ2v) is 6.96. The Bertz CT molecular complexity index is 531. The smallest absolute Gasteiger partial charge is 0.260 e. The van der Waals surface area contributed by atoms with E-state index in [1.54, 1.807) is 25.1 Å². The number of amides is 1. The summed E-state index contributed by atoms with van der Waals surface area (Å²) in [5, 5.41) is 7.25. The number of hydrogen-bond acceptors (Lipinski definition) is 3. The Kier molecular flexibility index (Phi) is 5.95. The number of carbonyl (C=O) groups is 1. The maximum absolute atomic E-state index is 12.2. The van der Waals surface area contributed by atoms with Crippen molar-refractivity contribution in [2.45, 2.75) is 32.8 Å². The van der Waals surface area contributed by atoms with E-state index >= 15 is 0 Å². The van der Waals surface area contributed by atoms with Crippen LogP contribution in [-0.2, 0) is 4.79 Å². The summed E-state index contributed by atoms with van der Waals surface area (Å²) in [5.74, 6) is 0.326. The summed E-state index contributed by atoms with van der Waals surface area (Å²) in [7, 11) is 0. The van der Waals surface area contributed by atoms with E-state index in [-0.39, 0.29) is 11.3 Å². The van der Waals surface area contributed by atoms with Gasteiger partial charge in [-0.15, -0.1) is 0 Å². The number of benzene rings is 1. The fourth-order valence-electron chi connectivity index (χ4n) is 2.47. The predicted molar refractivity (Wildman–Crippen MR) is 89.8 cm³/mol. The molecule has 6 heteroatoms. The molecular weight excluding hydrogens is 323 g/mol. The van der Waals surface area contributed by atoms with Gasteiger partial charge in [-0.25, -0.2) is 0 Å². The Morgan fingerprint density at radius 2 is 2.09 bits per heavy atom. The molecule has 0 aromatic heterocycles. The van der Waals surface area contributed by atoms with Crippen molar-refractivity contribution < 1.29 is 9.53 Å². The van der Waals surface area contributed by atoms with Gasteiger partial charge in [0.1, 0.15) is 5.75 Å². The molecule has 4 nitrogen and oxygen atoms in total. The third-order valence-electron chi connectivity index (χ3n) is 4.07. The van der Waals surface area contributed by atoms with Crippen LogP contribution in [0.2, 0.25) is 10.0 Å². The van der Waals surface area contributed by atoms with Gasteiger partial charge in [-0.3, -0.25) is 4.79 Å². The summed E-state index contributed by atoms with van der Waals surface area (Å²) in [4.78, 5) is 12.2. The first-order valence-electron chi connectivity index (χ1n) is 7.50. The highest BCUT2D eigenvalue weighted by molar-refractivity contribution is 6.35. The van der Waals surface area contributed by atoms with Crippen LogP contribution < -0.4 is 15.4 Å². The minimum Gasteiger partial charge on any atom is -0.479 e. The normalized spacial score (nSPS) is 18.5. The van der Waals surface area contributed by atoms with Crippen molar-refractivity contribution in [1.29, 1.82) is 0 Å². The molecule has 1 saturated heterocycles. The highest BCUT2D eigenvalue weighted by atomic mass is 35.5. The van der Waals surface area contributed by atoms with Crippen molar-refractivity contribution in [1.82, 2.24) is 10.6 Å². The van der Waals surface area contributed by atoms with E-state index < -0.39 is 6.10 Å². The third-order valence-corrected chi connectivity index (χ3v) is 4.60. The first-order chi connectivity index (χ1) is 10.4. The Morgan fingerprint density at radius 3 is 2.73 bits per heavy atom. The molecule has 1 unspecified atom stereocenters. The fraction of sp³-hybridized carbons (Fsp3) is 0.562. The molecular formula is C16H22Cl2N2O2.